The Morgan fingerprint density at radius 1 is 1.21 bits per heavy atom. The van der Waals surface area contributed by atoms with Gasteiger partial charge < -0.3 is 10.2 Å². The quantitative estimate of drug-likeness (QED) is 0.739. The SMILES string of the molecule is CN1C(NC(=O)Nc2csc(-c3ccccc3)n2)=CC=CC1C1CCNCC1. The molecular weight excluding hydrogens is 370 g/mol. The van der Waals surface area contributed by atoms with Crippen LogP contribution in [0.2, 0.25) is 0 Å². The van der Waals surface area contributed by atoms with Crippen LogP contribution in [-0.4, -0.2) is 42.1 Å². The van der Waals surface area contributed by atoms with Gasteiger partial charge in [-0.05, 0) is 37.9 Å². The van der Waals surface area contributed by atoms with Crippen molar-refractivity contribution in [2.75, 3.05) is 25.5 Å². The van der Waals surface area contributed by atoms with Gasteiger partial charge in [0.2, 0.25) is 0 Å². The summed E-state index contributed by atoms with van der Waals surface area (Å²) in [6.45, 7) is 2.12. The van der Waals surface area contributed by atoms with Crippen molar-refractivity contribution < 1.29 is 4.79 Å². The smallest absolute Gasteiger partial charge is 0.325 e. The number of aromatic nitrogens is 1. The normalized spacial score (nSPS) is 20.0. The fourth-order valence-corrected chi connectivity index (χ4v) is 4.52. The number of carbonyl (C=O) groups excluding carboxylic acids is 1. The first-order valence-electron chi connectivity index (χ1n) is 9.62. The van der Waals surface area contributed by atoms with Crippen LogP contribution in [0, 0.1) is 5.92 Å². The molecule has 0 radical (unpaired) electrons. The summed E-state index contributed by atoms with van der Waals surface area (Å²) >= 11 is 1.51. The zero-order valence-electron chi connectivity index (χ0n) is 15.9. The van der Waals surface area contributed by atoms with Crippen LogP contribution < -0.4 is 16.0 Å². The summed E-state index contributed by atoms with van der Waals surface area (Å²) in [6, 6.07) is 10.00. The average Bonchev–Trinajstić information content (AvgIpc) is 3.19. The Balaban J connectivity index is 1.36. The third kappa shape index (κ3) is 4.26. The van der Waals surface area contributed by atoms with Gasteiger partial charge in [-0.2, -0.15) is 0 Å². The minimum Gasteiger partial charge on any atom is -0.354 e. The number of benzene rings is 1. The van der Waals surface area contributed by atoms with Gasteiger partial charge in [-0.3, -0.25) is 10.6 Å². The fourth-order valence-electron chi connectivity index (χ4n) is 3.77. The van der Waals surface area contributed by atoms with E-state index in [1.807, 2.05) is 54.9 Å². The maximum atomic E-state index is 12.5. The zero-order valence-corrected chi connectivity index (χ0v) is 16.7. The van der Waals surface area contributed by atoms with Crippen LogP contribution in [0.3, 0.4) is 0 Å². The number of hydrogen-bond acceptors (Lipinski definition) is 5. The highest BCUT2D eigenvalue weighted by Gasteiger charge is 2.28. The van der Waals surface area contributed by atoms with E-state index in [1.54, 1.807) is 0 Å². The number of nitrogens with one attached hydrogen (secondary N) is 3. The van der Waals surface area contributed by atoms with Gasteiger partial charge in [0.1, 0.15) is 16.6 Å². The summed E-state index contributed by atoms with van der Waals surface area (Å²) in [5.41, 5.74) is 1.05. The monoisotopic (exact) mass is 395 g/mol. The first-order valence-corrected chi connectivity index (χ1v) is 10.5. The summed E-state index contributed by atoms with van der Waals surface area (Å²) in [4.78, 5) is 19.2. The molecule has 6 nitrogen and oxygen atoms in total. The molecule has 0 spiro atoms. The molecule has 4 rings (SSSR count). The zero-order chi connectivity index (χ0) is 19.3. The lowest BCUT2D eigenvalue weighted by Crippen LogP contribution is -2.46. The molecule has 1 atom stereocenters. The van der Waals surface area contributed by atoms with Crippen LogP contribution in [0.5, 0.6) is 0 Å². The highest BCUT2D eigenvalue weighted by atomic mass is 32.1. The Hall–Kier alpha value is -2.64. The molecule has 1 aromatic heterocycles. The van der Waals surface area contributed by atoms with Gasteiger partial charge in [0, 0.05) is 18.0 Å². The standard InChI is InChI=1S/C21H25N5OS/c1-26-17(15-10-12-22-13-11-15)8-5-9-19(26)25-21(27)24-18-14-28-20(23-18)16-6-3-2-4-7-16/h2-9,14-15,17,22H,10-13H2,1H3,(H2,24,25,27). The first-order chi connectivity index (χ1) is 13.7. The maximum Gasteiger partial charge on any atom is 0.325 e. The number of urea groups is 1. The molecule has 3 heterocycles. The molecule has 7 heteroatoms. The summed E-state index contributed by atoms with van der Waals surface area (Å²) in [5, 5.41) is 12.0. The summed E-state index contributed by atoms with van der Waals surface area (Å²) in [5.74, 6) is 1.97. The second-order valence-electron chi connectivity index (χ2n) is 7.11. The average molecular weight is 396 g/mol. The van der Waals surface area contributed by atoms with Gasteiger partial charge in [0.15, 0.2) is 0 Å². The Bertz CT molecular complexity index is 870. The summed E-state index contributed by atoms with van der Waals surface area (Å²) < 4.78 is 0. The van der Waals surface area contributed by atoms with Crippen molar-refractivity contribution in [3.05, 3.63) is 59.8 Å². The molecule has 2 amide bonds. The molecule has 0 bridgehead atoms. The minimum absolute atomic E-state index is 0.276. The number of thiazole rings is 1. The van der Waals surface area contributed by atoms with Gasteiger partial charge in [0.25, 0.3) is 0 Å². The van der Waals surface area contributed by atoms with Gasteiger partial charge in [-0.1, -0.05) is 42.5 Å². The molecule has 1 fully saturated rings. The number of carbonyl (C=O) groups is 1. The van der Waals surface area contributed by atoms with E-state index in [0.717, 1.165) is 42.3 Å². The van der Waals surface area contributed by atoms with Crippen LogP contribution in [0.4, 0.5) is 10.6 Å². The molecular formula is C21H25N5OS. The lowest BCUT2D eigenvalue weighted by molar-refractivity contribution is 0.205. The number of anilines is 1. The number of amides is 2. The number of rotatable bonds is 4. The van der Waals surface area contributed by atoms with Crippen LogP contribution in [0.1, 0.15) is 12.8 Å². The third-order valence-corrected chi connectivity index (χ3v) is 6.16. The van der Waals surface area contributed by atoms with E-state index in [9.17, 15) is 4.79 Å². The van der Waals surface area contributed by atoms with Crippen molar-refractivity contribution in [1.29, 1.82) is 0 Å². The molecule has 0 aliphatic carbocycles. The van der Waals surface area contributed by atoms with Crippen LogP contribution in [0.15, 0.2) is 59.8 Å². The van der Waals surface area contributed by atoms with Crippen molar-refractivity contribution in [3.8, 4) is 10.6 Å². The van der Waals surface area contributed by atoms with Crippen molar-refractivity contribution in [2.45, 2.75) is 18.9 Å². The predicted molar refractivity (Wildman–Crippen MR) is 114 cm³/mol. The Morgan fingerprint density at radius 3 is 2.79 bits per heavy atom. The summed E-state index contributed by atoms with van der Waals surface area (Å²) in [7, 11) is 2.04. The number of piperidine rings is 1. The van der Waals surface area contributed by atoms with Crippen LogP contribution >= 0.6 is 11.3 Å². The first kappa shape index (κ1) is 18.7. The van der Waals surface area contributed by atoms with Gasteiger partial charge in [-0.15, -0.1) is 11.3 Å². The highest BCUT2D eigenvalue weighted by molar-refractivity contribution is 7.13. The molecule has 1 unspecified atom stereocenters. The van der Waals surface area contributed by atoms with E-state index in [1.165, 1.54) is 11.3 Å². The molecule has 28 heavy (non-hydrogen) atoms. The largest absolute Gasteiger partial charge is 0.354 e. The molecule has 3 N–H and O–H groups in total. The van der Waals surface area contributed by atoms with E-state index >= 15 is 0 Å². The molecule has 2 aliphatic rings. The number of hydrogen-bond donors (Lipinski definition) is 3. The maximum absolute atomic E-state index is 12.5. The third-order valence-electron chi connectivity index (χ3n) is 5.26. The van der Waals surface area contributed by atoms with E-state index in [-0.39, 0.29) is 6.03 Å². The van der Waals surface area contributed by atoms with Gasteiger partial charge in [0.05, 0.1) is 6.04 Å². The van der Waals surface area contributed by atoms with E-state index in [4.69, 9.17) is 0 Å². The van der Waals surface area contributed by atoms with Crippen molar-refractivity contribution in [1.82, 2.24) is 20.5 Å². The Kier molecular flexibility index (Phi) is 5.73. The second-order valence-corrected chi connectivity index (χ2v) is 7.97. The molecule has 2 aliphatic heterocycles. The molecule has 146 valence electrons. The molecule has 1 aromatic carbocycles. The lowest BCUT2D eigenvalue weighted by Gasteiger charge is -2.39. The van der Waals surface area contributed by atoms with Gasteiger partial charge >= 0.3 is 6.03 Å². The number of allylic oxidation sites excluding steroid dienone is 2. The number of likely N-dealkylation sites (N-methyl/N-ethyl adjacent to an activating group) is 1. The van der Waals surface area contributed by atoms with E-state index in [2.05, 4.69) is 31.9 Å². The second kappa shape index (κ2) is 8.58. The minimum atomic E-state index is -0.276. The highest BCUT2D eigenvalue weighted by Crippen LogP contribution is 2.27. The topological polar surface area (TPSA) is 69.3 Å². The molecule has 0 saturated carbocycles. The number of nitrogens with zero attached hydrogens (tertiary/aromatic N) is 2. The van der Waals surface area contributed by atoms with Crippen molar-refractivity contribution in [2.24, 2.45) is 5.92 Å². The van der Waals surface area contributed by atoms with Gasteiger partial charge in [-0.25, -0.2) is 9.78 Å². The Morgan fingerprint density at radius 2 is 2.00 bits per heavy atom. The van der Waals surface area contributed by atoms with Crippen molar-refractivity contribution in [3.63, 3.8) is 0 Å². The van der Waals surface area contributed by atoms with E-state index < -0.39 is 0 Å². The molecule has 1 saturated heterocycles. The Labute approximate surface area is 169 Å². The predicted octanol–water partition coefficient (Wildman–Crippen LogP) is 3.64. The molecule has 2 aromatic rings. The summed E-state index contributed by atoms with van der Waals surface area (Å²) in [6.07, 6.45) is 8.51. The van der Waals surface area contributed by atoms with Crippen LogP contribution in [0.25, 0.3) is 10.6 Å². The van der Waals surface area contributed by atoms with Crippen molar-refractivity contribution >= 4 is 23.2 Å². The fraction of sp³-hybridized carbons (Fsp3) is 0.333. The van der Waals surface area contributed by atoms with Crippen LogP contribution in [-0.2, 0) is 0 Å². The van der Waals surface area contributed by atoms with E-state index in [0.29, 0.717) is 17.8 Å². The lowest BCUT2D eigenvalue weighted by atomic mass is 9.88.